The summed E-state index contributed by atoms with van der Waals surface area (Å²) in [5.74, 6) is 0.245. The lowest BCUT2D eigenvalue weighted by atomic mass is 10.0. The van der Waals surface area contributed by atoms with Crippen molar-refractivity contribution >= 4 is 12.0 Å². The number of benzene rings is 2. The number of ether oxygens (including phenoxy) is 1. The second kappa shape index (κ2) is 6.81. The summed E-state index contributed by atoms with van der Waals surface area (Å²) in [5.41, 5.74) is 3.19. The van der Waals surface area contributed by atoms with Crippen LogP contribution in [0.1, 0.15) is 20.8 Å². The maximum Gasteiger partial charge on any atom is 0.414 e. The van der Waals surface area contributed by atoms with Crippen molar-refractivity contribution in [3.05, 3.63) is 60.7 Å². The van der Waals surface area contributed by atoms with E-state index in [1.165, 1.54) is 0 Å². The maximum absolute atomic E-state index is 11.8. The van der Waals surface area contributed by atoms with Crippen molar-refractivity contribution < 1.29 is 14.1 Å². The van der Waals surface area contributed by atoms with Crippen molar-refractivity contribution in [2.75, 3.05) is 5.32 Å². The van der Waals surface area contributed by atoms with Crippen LogP contribution < -0.4 is 5.32 Å². The van der Waals surface area contributed by atoms with Crippen LogP contribution in [0, 0.1) is 0 Å². The minimum absolute atomic E-state index is 0.245. The Bertz CT molecular complexity index is 864. The monoisotopic (exact) mass is 336 g/mol. The smallest absolute Gasteiger partial charge is 0.414 e. The molecule has 1 N–H and O–H groups in total. The highest BCUT2D eigenvalue weighted by atomic mass is 16.6. The van der Waals surface area contributed by atoms with Gasteiger partial charge in [0.2, 0.25) is 5.88 Å². The van der Waals surface area contributed by atoms with Gasteiger partial charge in [-0.15, -0.1) is 0 Å². The average Bonchev–Trinajstić information content (AvgIpc) is 3.02. The summed E-state index contributed by atoms with van der Waals surface area (Å²) in [4.78, 5) is 11.8. The van der Waals surface area contributed by atoms with Crippen LogP contribution in [-0.2, 0) is 4.74 Å². The summed E-state index contributed by atoms with van der Waals surface area (Å²) in [6, 6.07) is 19.8. The van der Waals surface area contributed by atoms with E-state index in [1.807, 2.05) is 42.5 Å². The van der Waals surface area contributed by atoms with Gasteiger partial charge in [0.1, 0.15) is 11.3 Å². The molecule has 0 bridgehead atoms. The number of aromatic nitrogens is 1. The molecule has 0 atom stereocenters. The first-order valence-corrected chi connectivity index (χ1v) is 8.03. The number of nitrogens with zero attached hydrogens (tertiary/aromatic N) is 1. The molecule has 0 saturated heterocycles. The Kier molecular flexibility index (Phi) is 4.57. The molecular formula is C20H20N2O3. The highest BCUT2D eigenvalue weighted by Crippen LogP contribution is 2.27. The molecule has 0 fully saturated rings. The van der Waals surface area contributed by atoms with E-state index in [2.05, 4.69) is 22.6 Å². The first-order chi connectivity index (χ1) is 11.9. The minimum Gasteiger partial charge on any atom is -0.444 e. The van der Waals surface area contributed by atoms with Crippen LogP contribution >= 0.6 is 0 Å². The predicted octanol–water partition coefficient (Wildman–Crippen LogP) is 5.36. The van der Waals surface area contributed by atoms with Gasteiger partial charge >= 0.3 is 6.09 Å². The van der Waals surface area contributed by atoms with Crippen molar-refractivity contribution in [3.63, 3.8) is 0 Å². The molecule has 5 nitrogen and oxygen atoms in total. The van der Waals surface area contributed by atoms with E-state index in [9.17, 15) is 4.79 Å². The summed E-state index contributed by atoms with van der Waals surface area (Å²) in [5, 5.41) is 6.57. The summed E-state index contributed by atoms with van der Waals surface area (Å²) in [6.07, 6.45) is -0.576. The standard InChI is InChI=1S/C20H20N2O3/c1-20(2,3)24-19(23)21-18-13-17(22-25-18)16-11-7-10-15(12-16)14-8-5-4-6-9-14/h4-13H,1-3H3,(H,21,23). The van der Waals surface area contributed by atoms with E-state index in [4.69, 9.17) is 9.26 Å². The van der Waals surface area contributed by atoms with Gasteiger partial charge in [-0.1, -0.05) is 53.7 Å². The summed E-state index contributed by atoms with van der Waals surface area (Å²) in [7, 11) is 0. The third-order valence-electron chi connectivity index (χ3n) is 3.40. The molecule has 0 radical (unpaired) electrons. The lowest BCUT2D eigenvalue weighted by Crippen LogP contribution is -2.27. The fourth-order valence-electron chi connectivity index (χ4n) is 2.36. The van der Waals surface area contributed by atoms with Crippen LogP contribution in [-0.4, -0.2) is 16.9 Å². The summed E-state index contributed by atoms with van der Waals surface area (Å²) < 4.78 is 10.4. The Labute approximate surface area is 146 Å². The van der Waals surface area contributed by atoms with Crippen molar-refractivity contribution in [2.45, 2.75) is 26.4 Å². The zero-order chi connectivity index (χ0) is 17.9. The predicted molar refractivity (Wildman–Crippen MR) is 97.2 cm³/mol. The lowest BCUT2D eigenvalue weighted by Gasteiger charge is -2.18. The van der Waals surface area contributed by atoms with Gasteiger partial charge in [-0.05, 0) is 38.0 Å². The number of nitrogens with one attached hydrogen (secondary N) is 1. The Morgan fingerprint density at radius 3 is 2.36 bits per heavy atom. The molecule has 3 rings (SSSR count). The molecule has 0 aliphatic heterocycles. The third-order valence-corrected chi connectivity index (χ3v) is 3.40. The van der Waals surface area contributed by atoms with Gasteiger partial charge in [0.15, 0.2) is 0 Å². The highest BCUT2D eigenvalue weighted by Gasteiger charge is 2.18. The summed E-state index contributed by atoms with van der Waals surface area (Å²) >= 11 is 0. The molecule has 5 heteroatoms. The Hall–Kier alpha value is -3.08. The van der Waals surface area contributed by atoms with Crippen molar-refractivity contribution in [1.82, 2.24) is 5.16 Å². The largest absolute Gasteiger partial charge is 0.444 e. The van der Waals surface area contributed by atoms with Crippen molar-refractivity contribution in [3.8, 4) is 22.4 Å². The third kappa shape index (κ3) is 4.47. The lowest BCUT2D eigenvalue weighted by molar-refractivity contribution is 0.0631. The van der Waals surface area contributed by atoms with Crippen LogP contribution in [0.4, 0.5) is 10.7 Å². The molecule has 0 spiro atoms. The molecule has 0 saturated carbocycles. The molecule has 3 aromatic rings. The van der Waals surface area contributed by atoms with E-state index >= 15 is 0 Å². The van der Waals surface area contributed by atoms with E-state index in [0.717, 1.165) is 16.7 Å². The topological polar surface area (TPSA) is 64.4 Å². The molecule has 0 aliphatic rings. The van der Waals surface area contributed by atoms with Gasteiger partial charge in [0.25, 0.3) is 0 Å². The van der Waals surface area contributed by atoms with Crippen LogP contribution in [0.5, 0.6) is 0 Å². The van der Waals surface area contributed by atoms with E-state index in [0.29, 0.717) is 5.69 Å². The molecule has 0 unspecified atom stereocenters. The highest BCUT2D eigenvalue weighted by molar-refractivity contribution is 5.84. The SMILES string of the molecule is CC(C)(C)OC(=O)Nc1cc(-c2cccc(-c3ccccc3)c2)no1. The number of anilines is 1. The Morgan fingerprint density at radius 2 is 1.64 bits per heavy atom. The van der Waals surface area contributed by atoms with E-state index < -0.39 is 11.7 Å². The quantitative estimate of drug-likeness (QED) is 0.699. The number of carbonyl (C=O) groups is 1. The number of carbonyl (C=O) groups excluding carboxylic acids is 1. The Morgan fingerprint density at radius 1 is 0.960 bits per heavy atom. The van der Waals surface area contributed by atoms with Crippen LogP contribution in [0.15, 0.2) is 65.2 Å². The van der Waals surface area contributed by atoms with Crippen LogP contribution in [0.3, 0.4) is 0 Å². The van der Waals surface area contributed by atoms with E-state index in [1.54, 1.807) is 26.8 Å². The van der Waals surface area contributed by atoms with Gasteiger partial charge in [0.05, 0.1) is 0 Å². The minimum atomic E-state index is -0.576. The molecule has 2 aromatic carbocycles. The van der Waals surface area contributed by atoms with E-state index in [-0.39, 0.29) is 5.88 Å². The molecular weight excluding hydrogens is 316 g/mol. The van der Waals surface area contributed by atoms with Gasteiger partial charge in [-0.3, -0.25) is 5.32 Å². The fourth-order valence-corrected chi connectivity index (χ4v) is 2.36. The van der Waals surface area contributed by atoms with Crippen LogP contribution in [0.2, 0.25) is 0 Å². The van der Waals surface area contributed by atoms with Crippen molar-refractivity contribution in [1.29, 1.82) is 0 Å². The fraction of sp³-hybridized carbons (Fsp3) is 0.200. The summed E-state index contributed by atoms with van der Waals surface area (Å²) in [6.45, 7) is 5.40. The van der Waals surface area contributed by atoms with Crippen LogP contribution in [0.25, 0.3) is 22.4 Å². The molecule has 1 heterocycles. The van der Waals surface area contributed by atoms with Gasteiger partial charge in [-0.25, -0.2) is 4.79 Å². The molecule has 128 valence electrons. The Balaban J connectivity index is 1.78. The molecule has 1 aromatic heterocycles. The first kappa shape index (κ1) is 16.8. The number of hydrogen-bond acceptors (Lipinski definition) is 4. The second-order valence-corrected chi connectivity index (χ2v) is 6.65. The number of hydrogen-bond donors (Lipinski definition) is 1. The van der Waals surface area contributed by atoms with Crippen molar-refractivity contribution in [2.24, 2.45) is 0 Å². The number of amides is 1. The number of rotatable bonds is 3. The zero-order valence-electron chi connectivity index (χ0n) is 14.4. The molecule has 1 amide bonds. The maximum atomic E-state index is 11.8. The molecule has 25 heavy (non-hydrogen) atoms. The van der Waals surface area contributed by atoms with Gasteiger partial charge in [-0.2, -0.15) is 0 Å². The first-order valence-electron chi connectivity index (χ1n) is 8.03. The van der Waals surface area contributed by atoms with Gasteiger partial charge < -0.3 is 9.26 Å². The zero-order valence-corrected chi connectivity index (χ0v) is 14.4. The normalized spacial score (nSPS) is 11.2. The average molecular weight is 336 g/mol. The second-order valence-electron chi connectivity index (χ2n) is 6.65. The molecule has 0 aliphatic carbocycles. The van der Waals surface area contributed by atoms with Gasteiger partial charge in [0, 0.05) is 11.6 Å².